The SMILES string of the molecule is CCn1c(=NS(=O)(=O)c2ccc(C)cc2)sc2c(OC)ccc(OC)c21. The molecule has 3 aromatic rings. The minimum Gasteiger partial charge on any atom is -0.495 e. The van der Waals surface area contributed by atoms with Gasteiger partial charge in [-0.05, 0) is 38.1 Å². The van der Waals surface area contributed by atoms with Gasteiger partial charge in [-0.2, -0.15) is 8.42 Å². The number of ether oxygens (including phenoxy) is 2. The fourth-order valence-corrected chi connectivity index (χ4v) is 5.09. The van der Waals surface area contributed by atoms with Crippen molar-refractivity contribution < 1.29 is 17.9 Å². The van der Waals surface area contributed by atoms with Crippen LogP contribution in [-0.4, -0.2) is 27.2 Å². The van der Waals surface area contributed by atoms with Crippen molar-refractivity contribution in [2.75, 3.05) is 14.2 Å². The van der Waals surface area contributed by atoms with E-state index in [1.165, 1.54) is 11.3 Å². The molecular formula is C18H20N2O4S2. The Kier molecular flexibility index (Phi) is 5.06. The van der Waals surface area contributed by atoms with Crippen molar-refractivity contribution >= 4 is 31.6 Å². The van der Waals surface area contributed by atoms with Gasteiger partial charge in [0.15, 0.2) is 0 Å². The Hall–Kier alpha value is -2.32. The number of aryl methyl sites for hydroxylation is 2. The molecule has 0 saturated heterocycles. The number of methoxy groups -OCH3 is 2. The predicted molar refractivity (Wildman–Crippen MR) is 103 cm³/mol. The Bertz CT molecular complexity index is 1110. The monoisotopic (exact) mass is 392 g/mol. The van der Waals surface area contributed by atoms with E-state index in [4.69, 9.17) is 9.47 Å². The van der Waals surface area contributed by atoms with Crippen LogP contribution in [0.25, 0.3) is 10.2 Å². The van der Waals surface area contributed by atoms with E-state index in [0.717, 1.165) is 15.8 Å². The highest BCUT2D eigenvalue weighted by Crippen LogP contribution is 2.35. The maximum absolute atomic E-state index is 12.7. The molecule has 26 heavy (non-hydrogen) atoms. The highest BCUT2D eigenvalue weighted by atomic mass is 32.2. The minimum atomic E-state index is -3.82. The molecule has 1 heterocycles. The smallest absolute Gasteiger partial charge is 0.285 e. The quantitative estimate of drug-likeness (QED) is 0.668. The summed E-state index contributed by atoms with van der Waals surface area (Å²) in [6.07, 6.45) is 0. The van der Waals surface area contributed by atoms with Gasteiger partial charge in [0.05, 0.1) is 19.1 Å². The first-order valence-corrected chi connectivity index (χ1v) is 10.3. The summed E-state index contributed by atoms with van der Waals surface area (Å²) in [5.41, 5.74) is 1.76. The lowest BCUT2D eigenvalue weighted by atomic mass is 10.2. The van der Waals surface area contributed by atoms with Gasteiger partial charge in [-0.15, -0.1) is 4.40 Å². The van der Waals surface area contributed by atoms with Gasteiger partial charge in [0, 0.05) is 6.54 Å². The molecule has 0 aliphatic carbocycles. The number of fused-ring (bicyclic) bond motifs is 1. The van der Waals surface area contributed by atoms with Crippen molar-refractivity contribution in [3.63, 3.8) is 0 Å². The first-order valence-electron chi connectivity index (χ1n) is 8.03. The molecule has 0 bridgehead atoms. The molecule has 0 atom stereocenters. The number of thiazole rings is 1. The summed E-state index contributed by atoms with van der Waals surface area (Å²) in [6.45, 7) is 4.39. The van der Waals surface area contributed by atoms with E-state index < -0.39 is 10.0 Å². The van der Waals surface area contributed by atoms with Crippen LogP contribution in [0, 0.1) is 6.92 Å². The standard InChI is InChI=1S/C18H20N2O4S2/c1-5-20-16-14(23-3)10-11-15(24-4)17(16)25-18(20)19-26(21,22)13-8-6-12(2)7-9-13/h6-11H,5H2,1-4H3. The van der Waals surface area contributed by atoms with Crippen LogP contribution in [0.1, 0.15) is 12.5 Å². The normalized spacial score (nSPS) is 12.5. The van der Waals surface area contributed by atoms with Crippen molar-refractivity contribution in [3.05, 3.63) is 46.8 Å². The third-order valence-electron chi connectivity index (χ3n) is 4.03. The summed E-state index contributed by atoms with van der Waals surface area (Å²) < 4.78 is 43.0. The molecule has 0 amide bonds. The van der Waals surface area contributed by atoms with Crippen molar-refractivity contribution in [2.24, 2.45) is 4.40 Å². The maximum Gasteiger partial charge on any atom is 0.285 e. The molecule has 0 N–H and O–H groups in total. The molecule has 0 spiro atoms. The van der Waals surface area contributed by atoms with Crippen molar-refractivity contribution in [1.82, 2.24) is 4.57 Å². The maximum atomic E-state index is 12.7. The van der Waals surface area contributed by atoms with Gasteiger partial charge in [0.2, 0.25) is 4.80 Å². The number of hydrogen-bond acceptors (Lipinski definition) is 5. The lowest BCUT2D eigenvalue weighted by Crippen LogP contribution is -2.16. The Morgan fingerprint density at radius 3 is 2.23 bits per heavy atom. The number of benzene rings is 2. The predicted octanol–water partition coefficient (Wildman–Crippen LogP) is 3.34. The molecule has 3 rings (SSSR count). The zero-order valence-corrected chi connectivity index (χ0v) is 16.6. The Labute approximate surface area is 156 Å². The van der Waals surface area contributed by atoms with E-state index in [1.807, 2.05) is 18.4 Å². The molecule has 2 aromatic carbocycles. The molecule has 8 heteroatoms. The number of aromatic nitrogens is 1. The first-order chi connectivity index (χ1) is 12.4. The van der Waals surface area contributed by atoms with Gasteiger partial charge in [0.25, 0.3) is 10.0 Å². The second kappa shape index (κ2) is 7.13. The summed E-state index contributed by atoms with van der Waals surface area (Å²) in [5, 5.41) is 0. The van der Waals surface area contributed by atoms with Crippen molar-refractivity contribution in [2.45, 2.75) is 25.3 Å². The third kappa shape index (κ3) is 3.22. The topological polar surface area (TPSA) is 69.9 Å². The summed E-state index contributed by atoms with van der Waals surface area (Å²) in [6, 6.07) is 10.3. The number of rotatable bonds is 5. The highest BCUT2D eigenvalue weighted by molar-refractivity contribution is 7.90. The number of hydrogen-bond donors (Lipinski definition) is 0. The van der Waals surface area contributed by atoms with Gasteiger partial charge in [0.1, 0.15) is 21.7 Å². The first kappa shape index (κ1) is 18.5. The van der Waals surface area contributed by atoms with E-state index in [9.17, 15) is 8.42 Å². The van der Waals surface area contributed by atoms with Crippen LogP contribution in [0.4, 0.5) is 0 Å². The second-order valence-electron chi connectivity index (χ2n) is 5.66. The third-order valence-corrected chi connectivity index (χ3v) is 6.52. The summed E-state index contributed by atoms with van der Waals surface area (Å²) in [7, 11) is -0.654. The Balaban J connectivity index is 2.31. The van der Waals surface area contributed by atoms with Gasteiger partial charge in [-0.3, -0.25) is 0 Å². The van der Waals surface area contributed by atoms with E-state index >= 15 is 0 Å². The van der Waals surface area contributed by atoms with E-state index in [0.29, 0.717) is 22.8 Å². The fourth-order valence-electron chi connectivity index (χ4n) is 2.68. The zero-order valence-electron chi connectivity index (χ0n) is 15.0. The van der Waals surface area contributed by atoms with Crippen LogP contribution >= 0.6 is 11.3 Å². The average Bonchev–Trinajstić information content (AvgIpc) is 2.98. The molecule has 0 radical (unpaired) electrons. The van der Waals surface area contributed by atoms with Crippen LogP contribution in [0.15, 0.2) is 45.7 Å². The molecule has 0 aliphatic heterocycles. The van der Waals surface area contributed by atoms with E-state index in [-0.39, 0.29) is 4.90 Å². The zero-order chi connectivity index (χ0) is 18.9. The molecule has 6 nitrogen and oxygen atoms in total. The fraction of sp³-hybridized carbons (Fsp3) is 0.278. The summed E-state index contributed by atoms with van der Waals surface area (Å²) in [5.74, 6) is 1.30. The molecule has 0 aliphatic rings. The molecular weight excluding hydrogens is 372 g/mol. The van der Waals surface area contributed by atoms with Crippen LogP contribution in [0.5, 0.6) is 11.5 Å². The van der Waals surface area contributed by atoms with Crippen LogP contribution < -0.4 is 14.3 Å². The lowest BCUT2D eigenvalue weighted by Gasteiger charge is -2.08. The van der Waals surface area contributed by atoms with Crippen molar-refractivity contribution in [3.8, 4) is 11.5 Å². The Morgan fingerprint density at radius 1 is 1.04 bits per heavy atom. The van der Waals surface area contributed by atoms with Gasteiger partial charge in [-0.1, -0.05) is 29.0 Å². The lowest BCUT2D eigenvalue weighted by molar-refractivity contribution is 0.409. The molecule has 0 fully saturated rings. The number of nitrogens with zero attached hydrogens (tertiary/aromatic N) is 2. The van der Waals surface area contributed by atoms with Gasteiger partial charge < -0.3 is 14.0 Å². The summed E-state index contributed by atoms with van der Waals surface area (Å²) in [4.78, 5) is 0.549. The van der Waals surface area contributed by atoms with Gasteiger partial charge in [-0.25, -0.2) is 0 Å². The molecule has 0 saturated carbocycles. The minimum absolute atomic E-state index is 0.169. The highest BCUT2D eigenvalue weighted by Gasteiger charge is 2.18. The van der Waals surface area contributed by atoms with E-state index in [1.54, 1.807) is 50.6 Å². The second-order valence-corrected chi connectivity index (χ2v) is 8.24. The van der Waals surface area contributed by atoms with Crippen LogP contribution in [0.2, 0.25) is 0 Å². The molecule has 1 aromatic heterocycles. The van der Waals surface area contributed by atoms with Crippen LogP contribution in [-0.2, 0) is 16.6 Å². The largest absolute Gasteiger partial charge is 0.495 e. The Morgan fingerprint density at radius 2 is 1.65 bits per heavy atom. The van der Waals surface area contributed by atoms with Gasteiger partial charge >= 0.3 is 0 Å². The average molecular weight is 393 g/mol. The van der Waals surface area contributed by atoms with E-state index in [2.05, 4.69) is 4.40 Å². The van der Waals surface area contributed by atoms with Crippen LogP contribution in [0.3, 0.4) is 0 Å². The number of sulfonamides is 1. The van der Waals surface area contributed by atoms with Crippen molar-refractivity contribution in [1.29, 1.82) is 0 Å². The summed E-state index contributed by atoms with van der Waals surface area (Å²) >= 11 is 1.27. The molecule has 138 valence electrons. The molecule has 0 unspecified atom stereocenters.